The van der Waals surface area contributed by atoms with E-state index in [1.54, 1.807) is 12.1 Å². The zero-order valence-corrected chi connectivity index (χ0v) is 12.0. The fraction of sp³-hybridized carbons (Fsp3) is 0.182. The fourth-order valence-corrected chi connectivity index (χ4v) is 2.33. The van der Waals surface area contributed by atoms with Crippen LogP contribution in [0.2, 0.25) is 0 Å². The van der Waals surface area contributed by atoms with Crippen LogP contribution in [0.4, 0.5) is 5.95 Å². The molecule has 0 aliphatic carbocycles. The number of sulfonamides is 1. The number of methoxy groups -OCH3 is 1. The van der Waals surface area contributed by atoms with E-state index in [1.807, 2.05) is 0 Å². The van der Waals surface area contributed by atoms with Gasteiger partial charge in [0.2, 0.25) is 21.9 Å². The maximum absolute atomic E-state index is 12.0. The quantitative estimate of drug-likeness (QED) is 0.487. The number of hydrazine groups is 1. The van der Waals surface area contributed by atoms with E-state index in [0.717, 1.165) is 12.4 Å². The summed E-state index contributed by atoms with van der Waals surface area (Å²) in [6, 6.07) is 3.36. The predicted molar refractivity (Wildman–Crippen MR) is 74.7 cm³/mol. The van der Waals surface area contributed by atoms with Crippen LogP contribution in [-0.2, 0) is 16.6 Å². The Morgan fingerprint density at radius 3 is 2.43 bits per heavy atom. The largest absolute Gasteiger partial charge is 0.481 e. The first-order valence-corrected chi connectivity index (χ1v) is 7.31. The Hall–Kier alpha value is -2.30. The molecule has 0 aliphatic heterocycles. The number of nitrogens with two attached hydrogens (primary N) is 1. The molecule has 0 amide bonds. The van der Waals surface area contributed by atoms with Crippen LogP contribution in [0.15, 0.2) is 35.6 Å². The van der Waals surface area contributed by atoms with Crippen LogP contribution in [0.25, 0.3) is 0 Å². The Bertz CT molecular complexity index is 687. The molecule has 0 bridgehead atoms. The third kappa shape index (κ3) is 3.84. The molecule has 112 valence electrons. The Morgan fingerprint density at radius 1 is 1.19 bits per heavy atom. The Morgan fingerprint density at radius 2 is 1.90 bits per heavy atom. The lowest BCUT2D eigenvalue weighted by Crippen LogP contribution is -2.24. The van der Waals surface area contributed by atoms with Gasteiger partial charge in [0.15, 0.2) is 0 Å². The highest BCUT2D eigenvalue weighted by Crippen LogP contribution is 2.10. The minimum Gasteiger partial charge on any atom is -0.481 e. The van der Waals surface area contributed by atoms with Gasteiger partial charge in [-0.3, -0.25) is 5.43 Å². The van der Waals surface area contributed by atoms with Crippen LogP contribution in [0.5, 0.6) is 5.88 Å². The average Bonchev–Trinajstić information content (AvgIpc) is 2.53. The van der Waals surface area contributed by atoms with Crippen molar-refractivity contribution in [2.45, 2.75) is 11.4 Å². The van der Waals surface area contributed by atoms with Crippen LogP contribution < -0.4 is 20.7 Å². The van der Waals surface area contributed by atoms with Crippen molar-refractivity contribution in [3.05, 3.63) is 36.3 Å². The van der Waals surface area contributed by atoms with Gasteiger partial charge in [-0.1, -0.05) is 6.07 Å². The normalized spacial score (nSPS) is 11.1. The van der Waals surface area contributed by atoms with Crippen molar-refractivity contribution < 1.29 is 13.2 Å². The highest BCUT2D eigenvalue weighted by Gasteiger charge is 2.15. The number of hydrogen-bond acceptors (Lipinski definition) is 8. The first-order valence-electron chi connectivity index (χ1n) is 5.82. The number of anilines is 1. The number of nitrogen functional groups attached to an aromatic ring is 1. The Kier molecular flexibility index (Phi) is 4.62. The third-order valence-corrected chi connectivity index (χ3v) is 3.90. The van der Waals surface area contributed by atoms with Gasteiger partial charge in [-0.25, -0.2) is 33.9 Å². The summed E-state index contributed by atoms with van der Waals surface area (Å²) in [5.74, 6) is 5.70. The lowest BCUT2D eigenvalue weighted by atomic mass is 10.3. The summed E-state index contributed by atoms with van der Waals surface area (Å²) in [5.41, 5.74) is 2.91. The van der Waals surface area contributed by atoms with Crippen LogP contribution in [0.1, 0.15) is 5.56 Å². The van der Waals surface area contributed by atoms with E-state index >= 15 is 0 Å². The van der Waals surface area contributed by atoms with Crippen molar-refractivity contribution in [2.24, 2.45) is 5.84 Å². The highest BCUT2D eigenvalue weighted by molar-refractivity contribution is 7.89. The van der Waals surface area contributed by atoms with Crippen molar-refractivity contribution in [1.29, 1.82) is 0 Å². The molecule has 0 atom stereocenters. The van der Waals surface area contributed by atoms with E-state index < -0.39 is 10.0 Å². The minimum atomic E-state index is -3.70. The molecule has 10 heteroatoms. The highest BCUT2D eigenvalue weighted by atomic mass is 32.2. The topological polar surface area (TPSA) is 132 Å². The van der Waals surface area contributed by atoms with Crippen molar-refractivity contribution in [2.75, 3.05) is 12.5 Å². The molecule has 0 unspecified atom stereocenters. The zero-order chi connectivity index (χ0) is 15.3. The summed E-state index contributed by atoms with van der Waals surface area (Å²) in [7, 11) is -2.20. The van der Waals surface area contributed by atoms with Gasteiger partial charge in [0, 0.05) is 18.8 Å². The smallest absolute Gasteiger partial charge is 0.243 e. The second-order valence-electron chi connectivity index (χ2n) is 3.92. The summed E-state index contributed by atoms with van der Waals surface area (Å²) in [4.78, 5) is 11.4. The summed E-state index contributed by atoms with van der Waals surface area (Å²) >= 11 is 0. The van der Waals surface area contributed by atoms with Crippen LogP contribution in [-0.4, -0.2) is 30.5 Å². The average molecular weight is 310 g/mol. The molecule has 2 rings (SSSR count). The van der Waals surface area contributed by atoms with Crippen molar-refractivity contribution in [3.63, 3.8) is 0 Å². The van der Waals surface area contributed by atoms with E-state index in [2.05, 4.69) is 25.1 Å². The lowest BCUT2D eigenvalue weighted by Gasteiger charge is -2.07. The Labute approximate surface area is 121 Å². The molecule has 4 N–H and O–H groups in total. The van der Waals surface area contributed by atoms with Gasteiger partial charge in [0.25, 0.3) is 0 Å². The summed E-state index contributed by atoms with van der Waals surface area (Å²) in [6.45, 7) is 0.0935. The number of nitrogens with one attached hydrogen (secondary N) is 2. The predicted octanol–water partition coefficient (Wildman–Crippen LogP) is -0.356. The number of nitrogens with zero attached hydrogens (tertiary/aromatic N) is 3. The van der Waals surface area contributed by atoms with Crippen LogP contribution in [0, 0.1) is 0 Å². The first kappa shape index (κ1) is 15.1. The maximum Gasteiger partial charge on any atom is 0.243 e. The van der Waals surface area contributed by atoms with Gasteiger partial charge in [-0.05, 0) is 5.56 Å². The molecule has 0 aliphatic rings. The molecule has 0 radical (unpaired) electrons. The summed E-state index contributed by atoms with van der Waals surface area (Å²) in [6.07, 6.45) is 3.85. The van der Waals surface area contributed by atoms with Crippen molar-refractivity contribution in [1.82, 2.24) is 19.7 Å². The van der Waals surface area contributed by atoms with Crippen LogP contribution in [0.3, 0.4) is 0 Å². The molecule has 2 aromatic rings. The number of rotatable bonds is 6. The van der Waals surface area contributed by atoms with Crippen LogP contribution >= 0.6 is 0 Å². The number of ether oxygens (including phenoxy) is 1. The molecule has 9 nitrogen and oxygen atoms in total. The zero-order valence-electron chi connectivity index (χ0n) is 11.1. The van der Waals surface area contributed by atoms with E-state index in [0.29, 0.717) is 11.4 Å². The van der Waals surface area contributed by atoms with E-state index in [9.17, 15) is 8.42 Å². The second-order valence-corrected chi connectivity index (χ2v) is 5.69. The fourth-order valence-electron chi connectivity index (χ4n) is 1.43. The van der Waals surface area contributed by atoms with E-state index in [-0.39, 0.29) is 17.4 Å². The Balaban J connectivity index is 2.05. The molecule has 0 fully saturated rings. The molecule has 0 aromatic carbocycles. The van der Waals surface area contributed by atoms with Gasteiger partial charge in [-0.2, -0.15) is 0 Å². The van der Waals surface area contributed by atoms with Gasteiger partial charge < -0.3 is 4.74 Å². The molecule has 0 saturated carbocycles. The molecular weight excluding hydrogens is 296 g/mol. The third-order valence-electron chi connectivity index (χ3n) is 2.54. The number of aromatic nitrogens is 3. The monoisotopic (exact) mass is 310 g/mol. The molecule has 0 spiro atoms. The van der Waals surface area contributed by atoms with E-state index in [1.165, 1.54) is 13.3 Å². The number of pyridine rings is 1. The standard InChI is InChI=1S/C11H14N6O3S/c1-20-10-3-2-8(4-13-10)5-16-21(18,19)9-6-14-11(17-12)15-7-9/h2-4,6-7,16H,5,12H2,1H3,(H,14,15,17). The molecule has 21 heavy (non-hydrogen) atoms. The van der Waals surface area contributed by atoms with Gasteiger partial charge in [-0.15, -0.1) is 0 Å². The van der Waals surface area contributed by atoms with Gasteiger partial charge in [0.1, 0.15) is 4.90 Å². The summed E-state index contributed by atoms with van der Waals surface area (Å²) in [5, 5.41) is 0. The lowest BCUT2D eigenvalue weighted by molar-refractivity contribution is 0.397. The molecule has 2 aromatic heterocycles. The van der Waals surface area contributed by atoms with Crippen molar-refractivity contribution in [3.8, 4) is 5.88 Å². The SMILES string of the molecule is COc1ccc(CNS(=O)(=O)c2cnc(NN)nc2)cn1. The first-order chi connectivity index (χ1) is 10.0. The second kappa shape index (κ2) is 6.43. The molecule has 2 heterocycles. The molecular formula is C11H14N6O3S. The van der Waals surface area contributed by atoms with E-state index in [4.69, 9.17) is 10.6 Å². The number of hydrogen-bond donors (Lipinski definition) is 3. The molecule has 0 saturated heterocycles. The van der Waals surface area contributed by atoms with Crippen molar-refractivity contribution >= 4 is 16.0 Å². The maximum atomic E-state index is 12.0. The minimum absolute atomic E-state index is 0.0528. The van der Waals surface area contributed by atoms with Gasteiger partial charge in [0.05, 0.1) is 19.5 Å². The van der Waals surface area contributed by atoms with Gasteiger partial charge >= 0.3 is 0 Å². The summed E-state index contributed by atoms with van der Waals surface area (Å²) < 4.78 is 31.4.